The van der Waals surface area contributed by atoms with Gasteiger partial charge in [0.2, 0.25) is 0 Å². The molecule has 5 aliphatic rings. The molecule has 4 saturated carbocycles. The van der Waals surface area contributed by atoms with Gasteiger partial charge in [-0.25, -0.2) is 9.48 Å². The van der Waals surface area contributed by atoms with Crippen molar-refractivity contribution in [2.24, 2.45) is 23.2 Å². The Kier molecular flexibility index (Phi) is 5.55. The SMILES string of the molecule is Cc1nn(-c2ccc([N+](=O)[O-])cc2)c(C)c1/C=C1\C(=O)NC(=O)N([C@H](C)C23CC4CC(CC(C4)C2)C3)C1=O. The van der Waals surface area contributed by atoms with E-state index in [1.54, 1.807) is 30.7 Å². The summed E-state index contributed by atoms with van der Waals surface area (Å²) < 4.78 is 1.62. The maximum Gasteiger partial charge on any atom is 0.331 e. The average Bonchev–Trinajstić information content (AvgIpc) is 3.13. The van der Waals surface area contributed by atoms with Crippen molar-refractivity contribution < 1.29 is 19.3 Å². The van der Waals surface area contributed by atoms with E-state index in [-0.39, 0.29) is 22.7 Å². The van der Waals surface area contributed by atoms with Gasteiger partial charge in [0, 0.05) is 29.4 Å². The van der Waals surface area contributed by atoms with Crippen LogP contribution in [0.15, 0.2) is 29.8 Å². The Hall–Kier alpha value is -3.82. The van der Waals surface area contributed by atoms with Crippen LogP contribution in [0, 0.1) is 47.1 Å². The van der Waals surface area contributed by atoms with Crippen molar-refractivity contribution in [3.63, 3.8) is 0 Å². The topological polar surface area (TPSA) is 127 Å². The summed E-state index contributed by atoms with van der Waals surface area (Å²) in [6, 6.07) is 5.05. The van der Waals surface area contributed by atoms with Gasteiger partial charge in [0.1, 0.15) is 5.57 Å². The lowest BCUT2D eigenvalue weighted by Gasteiger charge is -2.60. The molecular formula is C28H31N5O5. The van der Waals surface area contributed by atoms with Crippen LogP contribution in [0.4, 0.5) is 10.5 Å². The van der Waals surface area contributed by atoms with E-state index in [1.807, 2.05) is 6.92 Å². The second-order valence-electron chi connectivity index (χ2n) is 11.7. The zero-order chi connectivity index (χ0) is 26.9. The molecule has 1 saturated heterocycles. The Balaban J connectivity index is 1.32. The summed E-state index contributed by atoms with van der Waals surface area (Å²) in [5.41, 5.74) is 2.27. The number of imide groups is 2. The molecule has 2 heterocycles. The third-order valence-corrected chi connectivity index (χ3v) is 9.43. The van der Waals surface area contributed by atoms with Crippen molar-refractivity contribution in [1.82, 2.24) is 20.0 Å². The number of aromatic nitrogens is 2. The Morgan fingerprint density at radius 3 is 2.18 bits per heavy atom. The molecule has 1 atom stereocenters. The minimum absolute atomic E-state index is 0.0278. The maximum atomic E-state index is 13.8. The molecule has 1 aromatic heterocycles. The number of nitro benzene ring substituents is 1. The summed E-state index contributed by atoms with van der Waals surface area (Å²) in [5, 5.41) is 18.0. The highest BCUT2D eigenvalue weighted by Gasteiger charge is 2.56. The van der Waals surface area contributed by atoms with E-state index in [0.717, 1.165) is 19.3 Å². The molecule has 7 rings (SSSR count). The van der Waals surface area contributed by atoms with Crippen LogP contribution in [0.3, 0.4) is 0 Å². The molecule has 0 radical (unpaired) electrons. The van der Waals surface area contributed by atoms with Gasteiger partial charge in [0.05, 0.1) is 16.3 Å². The molecule has 10 nitrogen and oxygen atoms in total. The minimum atomic E-state index is -0.712. The van der Waals surface area contributed by atoms with Gasteiger partial charge in [-0.3, -0.25) is 29.9 Å². The van der Waals surface area contributed by atoms with Gasteiger partial charge >= 0.3 is 6.03 Å². The fraction of sp³-hybridized carbons (Fsp3) is 0.500. The minimum Gasteiger partial charge on any atom is -0.273 e. The Labute approximate surface area is 220 Å². The summed E-state index contributed by atoms with van der Waals surface area (Å²) in [6.45, 7) is 5.55. The highest BCUT2D eigenvalue weighted by Crippen LogP contribution is 2.62. The van der Waals surface area contributed by atoms with Gasteiger partial charge in [-0.15, -0.1) is 0 Å². The van der Waals surface area contributed by atoms with Crippen molar-refractivity contribution in [2.75, 3.05) is 0 Å². The number of barbiturate groups is 1. The molecule has 198 valence electrons. The van der Waals surface area contributed by atoms with E-state index < -0.39 is 22.8 Å². The molecule has 0 unspecified atom stereocenters. The highest BCUT2D eigenvalue weighted by atomic mass is 16.6. The van der Waals surface area contributed by atoms with Crippen LogP contribution in [-0.2, 0) is 9.59 Å². The quantitative estimate of drug-likeness (QED) is 0.270. The average molecular weight is 518 g/mol. The number of carbonyl (C=O) groups excluding carboxylic acids is 3. The molecule has 1 aliphatic heterocycles. The number of rotatable bonds is 5. The highest BCUT2D eigenvalue weighted by molar-refractivity contribution is 6.31. The number of hydrogen-bond donors (Lipinski definition) is 1. The lowest BCUT2D eigenvalue weighted by molar-refractivity contribution is -0.384. The van der Waals surface area contributed by atoms with Crippen molar-refractivity contribution in [3.05, 3.63) is 56.9 Å². The van der Waals surface area contributed by atoms with Gasteiger partial charge in [-0.05, 0) is 101 Å². The van der Waals surface area contributed by atoms with Crippen LogP contribution in [-0.4, -0.2) is 43.5 Å². The van der Waals surface area contributed by atoms with E-state index in [1.165, 1.54) is 42.4 Å². The van der Waals surface area contributed by atoms with Gasteiger partial charge in [0.25, 0.3) is 17.5 Å². The van der Waals surface area contributed by atoms with Crippen LogP contribution in [0.25, 0.3) is 11.8 Å². The first-order valence-corrected chi connectivity index (χ1v) is 13.3. The monoisotopic (exact) mass is 517 g/mol. The first-order chi connectivity index (χ1) is 18.1. The first-order valence-electron chi connectivity index (χ1n) is 13.3. The predicted octanol–water partition coefficient (Wildman–Crippen LogP) is 4.46. The second kappa shape index (κ2) is 8.61. The van der Waals surface area contributed by atoms with Crippen molar-refractivity contribution in [1.29, 1.82) is 0 Å². The van der Waals surface area contributed by atoms with Crippen molar-refractivity contribution in [3.8, 4) is 5.69 Å². The van der Waals surface area contributed by atoms with Gasteiger partial charge in [0.15, 0.2) is 0 Å². The zero-order valence-corrected chi connectivity index (χ0v) is 21.8. The van der Waals surface area contributed by atoms with Crippen LogP contribution in [0.5, 0.6) is 0 Å². The van der Waals surface area contributed by atoms with Crippen LogP contribution < -0.4 is 5.32 Å². The Bertz CT molecular complexity index is 1370. The number of hydrogen-bond acceptors (Lipinski definition) is 6. The summed E-state index contributed by atoms with van der Waals surface area (Å²) in [5.74, 6) is 0.719. The summed E-state index contributed by atoms with van der Waals surface area (Å²) >= 11 is 0. The number of nitro groups is 1. The lowest BCUT2D eigenvalue weighted by Crippen LogP contribution is -2.63. The summed E-state index contributed by atoms with van der Waals surface area (Å²) in [6.07, 6.45) is 8.38. The summed E-state index contributed by atoms with van der Waals surface area (Å²) in [7, 11) is 0. The lowest BCUT2D eigenvalue weighted by atomic mass is 9.47. The normalized spacial score (nSPS) is 30.2. The molecule has 4 bridgehead atoms. The molecule has 38 heavy (non-hydrogen) atoms. The predicted molar refractivity (Wildman–Crippen MR) is 138 cm³/mol. The molecule has 4 aliphatic carbocycles. The van der Waals surface area contributed by atoms with Crippen LogP contribution in [0.1, 0.15) is 62.4 Å². The number of benzene rings is 1. The van der Waals surface area contributed by atoms with Gasteiger partial charge in [-0.2, -0.15) is 5.10 Å². The van der Waals surface area contributed by atoms with Gasteiger partial charge < -0.3 is 0 Å². The number of nitrogens with zero attached hydrogens (tertiary/aromatic N) is 4. The third kappa shape index (κ3) is 3.76. The molecule has 1 aromatic carbocycles. The van der Waals surface area contributed by atoms with Gasteiger partial charge in [-0.1, -0.05) is 0 Å². The van der Waals surface area contributed by atoms with Crippen molar-refractivity contribution >= 4 is 29.6 Å². The second-order valence-corrected chi connectivity index (χ2v) is 11.7. The smallest absolute Gasteiger partial charge is 0.273 e. The number of non-ortho nitro benzene ring substituents is 1. The number of carbonyl (C=O) groups is 3. The fourth-order valence-corrected chi connectivity index (χ4v) is 7.96. The fourth-order valence-electron chi connectivity index (χ4n) is 7.96. The molecular weight excluding hydrogens is 486 g/mol. The molecule has 4 amide bonds. The van der Waals surface area contributed by atoms with E-state index in [9.17, 15) is 24.5 Å². The van der Waals surface area contributed by atoms with Crippen LogP contribution in [0.2, 0.25) is 0 Å². The number of nitrogens with one attached hydrogen (secondary N) is 1. The maximum absolute atomic E-state index is 13.8. The van der Waals surface area contributed by atoms with E-state index in [2.05, 4.69) is 10.4 Å². The number of aryl methyl sites for hydroxylation is 1. The number of amides is 4. The Morgan fingerprint density at radius 2 is 1.63 bits per heavy atom. The molecule has 2 aromatic rings. The standard InChI is InChI=1S/C28H31N5O5/c1-15-23(16(2)32(30-15)21-4-6-22(7-5-21)33(37)38)11-24-25(34)29-27(36)31(26(24)35)17(3)28-12-18-8-19(13-28)10-20(9-18)14-28/h4-7,11,17-20H,8-10,12-14H2,1-3H3,(H,29,34,36)/b24-11+/t17-,18?,19?,20?,28?/m1/s1. The number of urea groups is 1. The molecule has 0 spiro atoms. The molecule has 1 N–H and O–H groups in total. The van der Waals surface area contributed by atoms with Crippen LogP contribution >= 0.6 is 0 Å². The summed E-state index contributed by atoms with van der Waals surface area (Å²) in [4.78, 5) is 51.5. The largest absolute Gasteiger partial charge is 0.331 e. The zero-order valence-electron chi connectivity index (χ0n) is 21.8. The van der Waals surface area contributed by atoms with Crippen molar-refractivity contribution in [2.45, 2.75) is 65.3 Å². The Morgan fingerprint density at radius 1 is 1.05 bits per heavy atom. The molecule has 10 heteroatoms. The van der Waals surface area contributed by atoms with E-state index in [4.69, 9.17) is 0 Å². The van der Waals surface area contributed by atoms with E-state index >= 15 is 0 Å². The third-order valence-electron chi connectivity index (χ3n) is 9.43. The van der Waals surface area contributed by atoms with E-state index in [0.29, 0.717) is 40.4 Å². The molecule has 5 fully saturated rings. The first kappa shape index (κ1) is 24.5.